The highest BCUT2D eigenvalue weighted by molar-refractivity contribution is 8.01. The zero-order valence-electron chi connectivity index (χ0n) is 11.6. The Morgan fingerprint density at radius 2 is 2.00 bits per heavy atom. The van der Waals surface area contributed by atoms with Gasteiger partial charge in [-0.25, -0.2) is 4.98 Å². The van der Waals surface area contributed by atoms with Gasteiger partial charge in [-0.05, 0) is 19.1 Å². The molecular formula is C14H13Cl3N2OS2. The number of benzene rings is 1. The lowest BCUT2D eigenvalue weighted by Gasteiger charge is -2.08. The van der Waals surface area contributed by atoms with Crippen LogP contribution in [0, 0.1) is 6.92 Å². The zero-order valence-corrected chi connectivity index (χ0v) is 15.5. The summed E-state index contributed by atoms with van der Waals surface area (Å²) in [6, 6.07) is 9.32. The van der Waals surface area contributed by atoms with E-state index >= 15 is 0 Å². The van der Waals surface area contributed by atoms with Crippen molar-refractivity contribution in [3.63, 3.8) is 0 Å². The van der Waals surface area contributed by atoms with Gasteiger partial charge < -0.3 is 5.32 Å². The van der Waals surface area contributed by atoms with Gasteiger partial charge in [0.05, 0.1) is 11.4 Å². The van der Waals surface area contributed by atoms with Crippen LogP contribution in [0.3, 0.4) is 0 Å². The lowest BCUT2D eigenvalue weighted by atomic mass is 10.3. The molecule has 0 aliphatic carbocycles. The molecule has 0 spiro atoms. The summed E-state index contributed by atoms with van der Waals surface area (Å²) in [6.45, 7) is 1.87. The number of aromatic nitrogens is 1. The van der Waals surface area contributed by atoms with Crippen molar-refractivity contribution in [1.29, 1.82) is 0 Å². The van der Waals surface area contributed by atoms with Gasteiger partial charge in [-0.15, -0.1) is 11.3 Å². The third-order valence-corrected chi connectivity index (χ3v) is 5.32. The highest BCUT2D eigenvalue weighted by Gasteiger charge is 2.23. The minimum Gasteiger partial charge on any atom is -0.325 e. The lowest BCUT2D eigenvalue weighted by molar-refractivity contribution is -0.113. The number of nitrogens with zero attached hydrogens (tertiary/aromatic N) is 1. The minimum atomic E-state index is -1.33. The molecule has 0 aliphatic rings. The summed E-state index contributed by atoms with van der Waals surface area (Å²) in [5.41, 5.74) is 1.61. The molecule has 1 aromatic carbocycles. The maximum absolute atomic E-state index is 11.9. The minimum absolute atomic E-state index is 0.0769. The number of thioether (sulfide) groups is 1. The number of hydrogen-bond donors (Lipinski definition) is 1. The SMILES string of the molecule is Cc1nc(SCC(=O)Nc2ccccc2)sc1CC(Cl)(Cl)Cl. The second-order valence-electron chi connectivity index (χ2n) is 4.48. The van der Waals surface area contributed by atoms with Gasteiger partial charge in [-0.2, -0.15) is 0 Å². The Labute approximate surface area is 152 Å². The van der Waals surface area contributed by atoms with Gasteiger partial charge in [0, 0.05) is 17.0 Å². The number of thiazole rings is 1. The number of halogens is 3. The Kier molecular flexibility index (Phi) is 6.41. The fourth-order valence-corrected chi connectivity index (χ4v) is 4.41. The van der Waals surface area contributed by atoms with Crippen LogP contribution in [0.1, 0.15) is 10.6 Å². The molecule has 0 saturated heterocycles. The van der Waals surface area contributed by atoms with Crippen molar-refractivity contribution in [3.05, 3.63) is 40.9 Å². The lowest BCUT2D eigenvalue weighted by Crippen LogP contribution is -2.13. The van der Waals surface area contributed by atoms with Crippen LogP contribution in [-0.2, 0) is 11.2 Å². The van der Waals surface area contributed by atoms with Gasteiger partial charge in [0.2, 0.25) is 5.91 Å². The Hall–Kier alpha value is -0.460. The molecule has 1 N–H and O–H groups in total. The summed E-state index contributed by atoms with van der Waals surface area (Å²) in [5, 5.41) is 2.83. The van der Waals surface area contributed by atoms with E-state index < -0.39 is 3.79 Å². The quantitative estimate of drug-likeness (QED) is 0.566. The van der Waals surface area contributed by atoms with E-state index in [0.29, 0.717) is 6.42 Å². The molecule has 0 bridgehead atoms. The van der Waals surface area contributed by atoms with Crippen molar-refractivity contribution in [2.24, 2.45) is 0 Å². The second kappa shape index (κ2) is 7.88. The summed E-state index contributed by atoms with van der Waals surface area (Å²) in [4.78, 5) is 17.2. The molecular weight excluding hydrogens is 383 g/mol. The van der Waals surface area contributed by atoms with E-state index in [2.05, 4.69) is 10.3 Å². The van der Waals surface area contributed by atoms with Gasteiger partial charge >= 0.3 is 0 Å². The first-order valence-corrected chi connectivity index (χ1v) is 9.28. The molecule has 8 heteroatoms. The molecule has 1 amide bonds. The van der Waals surface area contributed by atoms with Crippen LogP contribution in [0.5, 0.6) is 0 Å². The fourth-order valence-electron chi connectivity index (χ4n) is 1.65. The highest BCUT2D eigenvalue weighted by Crippen LogP contribution is 2.35. The van der Waals surface area contributed by atoms with Crippen molar-refractivity contribution in [2.75, 3.05) is 11.1 Å². The Morgan fingerprint density at radius 3 is 2.64 bits per heavy atom. The van der Waals surface area contributed by atoms with E-state index in [1.54, 1.807) is 0 Å². The van der Waals surface area contributed by atoms with Crippen molar-refractivity contribution in [2.45, 2.75) is 21.5 Å². The molecule has 0 unspecified atom stereocenters. The van der Waals surface area contributed by atoms with Crippen LogP contribution in [0.2, 0.25) is 0 Å². The standard InChI is InChI=1S/C14H13Cl3N2OS2/c1-9-11(7-14(15,16)17)22-13(18-9)21-8-12(20)19-10-5-3-2-4-6-10/h2-6H,7-8H2,1H3,(H,19,20). The van der Waals surface area contributed by atoms with Crippen molar-refractivity contribution in [3.8, 4) is 0 Å². The number of alkyl halides is 3. The molecule has 0 saturated carbocycles. The number of carbonyl (C=O) groups is 1. The topological polar surface area (TPSA) is 42.0 Å². The molecule has 2 rings (SSSR count). The largest absolute Gasteiger partial charge is 0.325 e. The monoisotopic (exact) mass is 394 g/mol. The van der Waals surface area contributed by atoms with E-state index in [4.69, 9.17) is 34.8 Å². The molecule has 0 aliphatic heterocycles. The molecule has 0 atom stereocenters. The number of anilines is 1. The number of aryl methyl sites for hydroxylation is 1. The van der Waals surface area contributed by atoms with E-state index in [0.717, 1.165) is 20.6 Å². The number of para-hydroxylation sites is 1. The van der Waals surface area contributed by atoms with Gasteiger partial charge in [0.15, 0.2) is 8.13 Å². The maximum atomic E-state index is 11.9. The molecule has 1 aromatic heterocycles. The maximum Gasteiger partial charge on any atom is 0.234 e. The molecule has 1 heterocycles. The molecule has 3 nitrogen and oxygen atoms in total. The first kappa shape index (κ1) is 17.9. The average Bonchev–Trinajstić information content (AvgIpc) is 2.76. The van der Waals surface area contributed by atoms with Gasteiger partial charge in [-0.3, -0.25) is 4.79 Å². The first-order chi connectivity index (χ1) is 10.3. The van der Waals surface area contributed by atoms with Crippen molar-refractivity contribution >= 4 is 69.5 Å². The number of amides is 1. The smallest absolute Gasteiger partial charge is 0.234 e. The summed E-state index contributed by atoms with van der Waals surface area (Å²) >= 11 is 20.2. The molecule has 22 heavy (non-hydrogen) atoms. The number of rotatable bonds is 5. The number of nitrogens with one attached hydrogen (secondary N) is 1. The Balaban J connectivity index is 1.89. The highest BCUT2D eigenvalue weighted by atomic mass is 35.6. The number of hydrogen-bond acceptors (Lipinski definition) is 4. The van der Waals surface area contributed by atoms with Crippen LogP contribution in [0.25, 0.3) is 0 Å². The van der Waals surface area contributed by atoms with Crippen LogP contribution < -0.4 is 5.32 Å². The van der Waals surface area contributed by atoms with Crippen LogP contribution in [0.15, 0.2) is 34.7 Å². The fraction of sp³-hybridized carbons (Fsp3) is 0.286. The summed E-state index contributed by atoms with van der Waals surface area (Å²) in [6.07, 6.45) is 0.317. The summed E-state index contributed by atoms with van der Waals surface area (Å²) in [5.74, 6) is 0.210. The van der Waals surface area contributed by atoms with E-state index in [1.165, 1.54) is 23.1 Å². The molecule has 0 fully saturated rings. The van der Waals surface area contributed by atoms with E-state index in [9.17, 15) is 4.79 Å². The van der Waals surface area contributed by atoms with Gasteiger partial charge in [-0.1, -0.05) is 64.8 Å². The third-order valence-electron chi connectivity index (χ3n) is 2.62. The van der Waals surface area contributed by atoms with Crippen molar-refractivity contribution in [1.82, 2.24) is 4.98 Å². The van der Waals surface area contributed by atoms with E-state index in [1.807, 2.05) is 37.3 Å². The first-order valence-electron chi connectivity index (χ1n) is 6.34. The molecule has 2 aromatic rings. The molecule has 0 radical (unpaired) electrons. The van der Waals surface area contributed by atoms with Gasteiger partial charge in [0.25, 0.3) is 0 Å². The molecule has 118 valence electrons. The normalized spacial score (nSPS) is 11.5. The zero-order chi connectivity index (χ0) is 16.2. The second-order valence-corrected chi connectivity index (χ2v) is 9.31. The average molecular weight is 396 g/mol. The third kappa shape index (κ3) is 5.97. The van der Waals surface area contributed by atoms with E-state index in [-0.39, 0.29) is 11.7 Å². The van der Waals surface area contributed by atoms with Crippen LogP contribution >= 0.6 is 57.9 Å². The van der Waals surface area contributed by atoms with Crippen LogP contribution in [0.4, 0.5) is 5.69 Å². The van der Waals surface area contributed by atoms with Gasteiger partial charge in [0.1, 0.15) is 0 Å². The summed E-state index contributed by atoms with van der Waals surface area (Å²) in [7, 11) is 0. The van der Waals surface area contributed by atoms with Crippen LogP contribution in [-0.4, -0.2) is 20.4 Å². The Morgan fingerprint density at radius 1 is 1.32 bits per heavy atom. The predicted octanol–water partition coefficient (Wildman–Crippen LogP) is 5.10. The predicted molar refractivity (Wildman–Crippen MR) is 96.6 cm³/mol. The van der Waals surface area contributed by atoms with Crippen molar-refractivity contribution < 1.29 is 4.79 Å². The Bertz CT molecular complexity index is 641. The number of carbonyl (C=O) groups excluding carboxylic acids is 1. The summed E-state index contributed by atoms with van der Waals surface area (Å²) < 4.78 is -0.533.